The van der Waals surface area contributed by atoms with Gasteiger partial charge in [-0.1, -0.05) is 231 Å². The Balaban J connectivity index is 0. The van der Waals surface area contributed by atoms with E-state index in [-0.39, 0.29) is 0 Å². The van der Waals surface area contributed by atoms with Gasteiger partial charge in [-0.15, -0.1) is 0 Å². The molecule has 0 atom stereocenters. The second-order valence-electron chi connectivity index (χ2n) is 12.6. The molecule has 0 fully saturated rings. The Bertz CT molecular complexity index is 291. The zero-order chi connectivity index (χ0) is 28.0. The highest BCUT2D eigenvalue weighted by atomic mass is 28.1. The van der Waals surface area contributed by atoms with Crippen LogP contribution in [0.4, 0.5) is 0 Å². The predicted octanol–water partition coefficient (Wildman–Crippen LogP) is 12.1. The summed E-state index contributed by atoms with van der Waals surface area (Å²) < 4.78 is 0. The summed E-state index contributed by atoms with van der Waals surface area (Å²) in [5.74, 6) is 0. The van der Waals surface area contributed by atoms with Gasteiger partial charge >= 0.3 is 0 Å². The average Bonchev–Trinajstić information content (AvgIpc) is 2.93. The molecule has 0 rings (SSSR count). The largest absolute Gasteiger partial charge is 0.0658 e. The molecular formula is C36H80Si2. The molecule has 0 radical (unpaired) electrons. The van der Waals surface area contributed by atoms with Crippen LogP contribution in [0.25, 0.3) is 0 Å². The summed E-state index contributed by atoms with van der Waals surface area (Å²) in [5.41, 5.74) is 0. The van der Waals surface area contributed by atoms with Gasteiger partial charge in [0.15, 0.2) is 0 Å². The molecule has 0 aliphatic heterocycles. The minimum atomic E-state index is 1.38. The van der Waals surface area contributed by atoms with Gasteiger partial charge in [0.2, 0.25) is 0 Å². The molecule has 0 nitrogen and oxygen atoms in total. The van der Waals surface area contributed by atoms with Gasteiger partial charge in [-0.2, -0.15) is 0 Å². The molecule has 2 heteroatoms. The first kappa shape index (κ1) is 40.6. The van der Waals surface area contributed by atoms with Gasteiger partial charge < -0.3 is 0 Å². The van der Waals surface area contributed by atoms with E-state index in [1.807, 2.05) is 0 Å². The average molecular weight is 569 g/mol. The van der Waals surface area contributed by atoms with Crippen molar-refractivity contribution in [3.8, 4) is 0 Å². The predicted molar refractivity (Wildman–Crippen MR) is 189 cm³/mol. The smallest absolute Gasteiger partial charge is 0.00279 e. The molecule has 0 bridgehead atoms. The van der Waals surface area contributed by atoms with Crippen molar-refractivity contribution in [2.75, 3.05) is 0 Å². The monoisotopic (exact) mass is 569 g/mol. The summed E-state index contributed by atoms with van der Waals surface area (Å²) in [6.45, 7) is 4.59. The first-order valence-corrected chi connectivity index (χ1v) is 21.7. The fourth-order valence-corrected chi connectivity index (χ4v) is 6.60. The maximum absolute atomic E-state index is 2.30. The normalized spacial score (nSPS) is 11.2. The van der Waals surface area contributed by atoms with E-state index in [1.54, 1.807) is 0 Å². The van der Waals surface area contributed by atoms with Crippen molar-refractivity contribution in [1.82, 2.24) is 0 Å². The van der Waals surface area contributed by atoms with Crippen molar-refractivity contribution in [2.24, 2.45) is 0 Å². The van der Waals surface area contributed by atoms with E-state index in [2.05, 4.69) is 13.8 Å². The van der Waals surface area contributed by atoms with E-state index in [0.29, 0.717) is 0 Å². The zero-order valence-corrected chi connectivity index (χ0v) is 32.0. The minimum Gasteiger partial charge on any atom is -0.0658 e. The summed E-state index contributed by atoms with van der Waals surface area (Å²) >= 11 is 0. The highest BCUT2D eigenvalue weighted by Gasteiger charge is 1.95. The molecule has 0 unspecified atom stereocenters. The summed E-state index contributed by atoms with van der Waals surface area (Å²) in [4.78, 5) is 0. The molecule has 0 aromatic heterocycles. The number of hydrogen-bond donors (Lipinski definition) is 0. The molecule has 0 aliphatic rings. The summed E-state index contributed by atoms with van der Waals surface area (Å²) in [5, 5.41) is 0. The van der Waals surface area contributed by atoms with Crippen LogP contribution in [0.1, 0.15) is 219 Å². The van der Waals surface area contributed by atoms with Crippen molar-refractivity contribution in [3.63, 3.8) is 0 Å². The Morgan fingerprint density at radius 2 is 0.342 bits per heavy atom. The van der Waals surface area contributed by atoms with Gasteiger partial charge in [0, 0.05) is 20.5 Å². The van der Waals surface area contributed by atoms with E-state index >= 15 is 0 Å². The van der Waals surface area contributed by atoms with Crippen molar-refractivity contribution in [3.05, 3.63) is 0 Å². The molecule has 0 aliphatic carbocycles. The Kier molecular flexibility index (Phi) is 44.7. The number of rotatable bonds is 32. The first-order valence-electron chi connectivity index (χ1n) is 18.8. The maximum Gasteiger partial charge on any atom is 0.00279 e. The lowest BCUT2D eigenvalue weighted by molar-refractivity contribution is 0.531. The lowest BCUT2D eigenvalue weighted by Gasteiger charge is -2.03. The van der Waals surface area contributed by atoms with Crippen LogP contribution in [0.5, 0.6) is 0 Å². The van der Waals surface area contributed by atoms with Gasteiger partial charge in [-0.25, -0.2) is 0 Å². The van der Waals surface area contributed by atoms with Gasteiger partial charge in [-0.05, 0) is 0 Å². The Morgan fingerprint density at radius 1 is 0.211 bits per heavy atom. The molecule has 0 saturated carbocycles. The Morgan fingerprint density at radius 3 is 0.474 bits per heavy atom. The third-order valence-electron chi connectivity index (χ3n) is 8.41. The van der Waals surface area contributed by atoms with Crippen molar-refractivity contribution in [2.45, 2.75) is 231 Å². The maximum atomic E-state index is 2.30. The third kappa shape index (κ3) is 43.5. The van der Waals surface area contributed by atoms with Crippen LogP contribution >= 0.6 is 0 Å². The number of hydrogen-bond acceptors (Lipinski definition) is 0. The van der Waals surface area contributed by atoms with Crippen LogP contribution in [0, 0.1) is 0 Å². The Labute approximate surface area is 251 Å². The second-order valence-corrected chi connectivity index (χ2v) is 14.6. The summed E-state index contributed by atoms with van der Waals surface area (Å²) in [6, 6.07) is 3.02. The fourth-order valence-electron chi connectivity index (χ4n) is 5.60. The van der Waals surface area contributed by atoms with Crippen molar-refractivity contribution < 1.29 is 0 Å². The van der Waals surface area contributed by atoms with Gasteiger partial charge in [-0.3, -0.25) is 0 Å². The first-order chi connectivity index (χ1) is 18.8. The second kappa shape index (κ2) is 41.9. The third-order valence-corrected chi connectivity index (χ3v) is 9.83. The molecule has 0 heterocycles. The molecule has 0 spiro atoms. The van der Waals surface area contributed by atoms with Crippen molar-refractivity contribution in [1.29, 1.82) is 0 Å². The molecule has 0 aromatic carbocycles. The van der Waals surface area contributed by atoms with Crippen molar-refractivity contribution >= 4 is 20.5 Å². The fraction of sp³-hybridized carbons (Fsp3) is 1.00. The molecular weight excluding hydrogens is 489 g/mol. The lowest BCUT2D eigenvalue weighted by Crippen LogP contribution is -1.83. The molecule has 38 heavy (non-hydrogen) atoms. The van der Waals surface area contributed by atoms with Crippen LogP contribution in [0.2, 0.25) is 12.1 Å². The molecule has 0 saturated heterocycles. The quantitative estimate of drug-likeness (QED) is 0.0559. The topological polar surface area (TPSA) is 0 Å². The SMILES string of the molecule is CCCCCCCCCCCCCCCCCC[SiH3].CCCCCCCCCCCCCCCCCC[SiH3]. The van der Waals surface area contributed by atoms with E-state index in [4.69, 9.17) is 0 Å². The number of unbranched alkanes of at least 4 members (excludes halogenated alkanes) is 30. The van der Waals surface area contributed by atoms with E-state index in [0.717, 1.165) is 0 Å². The molecule has 232 valence electrons. The molecule has 0 N–H and O–H groups in total. The lowest BCUT2D eigenvalue weighted by atomic mass is 10.0. The Hall–Kier alpha value is 0.434. The van der Waals surface area contributed by atoms with Crippen LogP contribution in [-0.2, 0) is 0 Å². The van der Waals surface area contributed by atoms with Crippen LogP contribution in [-0.4, -0.2) is 20.5 Å². The van der Waals surface area contributed by atoms with Crippen LogP contribution in [0.15, 0.2) is 0 Å². The standard InChI is InChI=1S/2C18H40Si/c2*1-2-3-4-5-6-7-8-9-10-11-12-13-14-15-16-17-18-19/h2*2-18H2,1,19H3. The summed E-state index contributed by atoms with van der Waals surface area (Å²) in [6.07, 6.45) is 47.5. The molecule has 0 amide bonds. The van der Waals surface area contributed by atoms with Crippen LogP contribution < -0.4 is 0 Å². The van der Waals surface area contributed by atoms with Crippen LogP contribution in [0.3, 0.4) is 0 Å². The highest BCUT2D eigenvalue weighted by Crippen LogP contribution is 2.15. The van der Waals surface area contributed by atoms with Gasteiger partial charge in [0.1, 0.15) is 0 Å². The van der Waals surface area contributed by atoms with E-state index in [9.17, 15) is 0 Å². The minimum absolute atomic E-state index is 1.38. The van der Waals surface area contributed by atoms with E-state index in [1.165, 1.54) is 238 Å². The van der Waals surface area contributed by atoms with Gasteiger partial charge in [0.25, 0.3) is 0 Å². The van der Waals surface area contributed by atoms with E-state index < -0.39 is 0 Å². The summed E-state index contributed by atoms with van der Waals surface area (Å²) in [7, 11) is 2.82. The zero-order valence-electron chi connectivity index (χ0n) is 28.0. The van der Waals surface area contributed by atoms with Gasteiger partial charge in [0.05, 0.1) is 0 Å². The highest BCUT2D eigenvalue weighted by molar-refractivity contribution is 6.08. The molecule has 0 aromatic rings.